The van der Waals surface area contributed by atoms with Crippen LogP contribution in [0, 0.1) is 0 Å². The van der Waals surface area contributed by atoms with E-state index in [0.29, 0.717) is 5.89 Å². The predicted molar refractivity (Wildman–Crippen MR) is 110 cm³/mol. The Morgan fingerprint density at radius 2 is 1.89 bits per heavy atom. The van der Waals surface area contributed by atoms with E-state index >= 15 is 0 Å². The predicted octanol–water partition coefficient (Wildman–Crippen LogP) is 3.80. The average molecular weight is 377 g/mol. The Hall–Kier alpha value is -2.73. The number of aryl methyl sites for hydroxylation is 1. The van der Waals surface area contributed by atoms with E-state index in [1.807, 2.05) is 18.3 Å². The Balaban J connectivity index is 1.48. The van der Waals surface area contributed by atoms with Crippen molar-refractivity contribution in [2.45, 2.75) is 32.7 Å². The minimum Gasteiger partial charge on any atom is -0.355 e. The highest BCUT2D eigenvalue weighted by atomic mass is 16.5. The van der Waals surface area contributed by atoms with E-state index in [-0.39, 0.29) is 0 Å². The molecule has 1 aliphatic rings. The van der Waals surface area contributed by atoms with Crippen molar-refractivity contribution in [3.63, 3.8) is 0 Å². The van der Waals surface area contributed by atoms with E-state index in [0.717, 1.165) is 69.2 Å². The molecule has 28 heavy (non-hydrogen) atoms. The number of hydrogen-bond acceptors (Lipinski definition) is 6. The highest BCUT2D eigenvalue weighted by molar-refractivity contribution is 5.69. The largest absolute Gasteiger partial charge is 0.355 e. The van der Waals surface area contributed by atoms with E-state index in [9.17, 15) is 0 Å². The molecule has 0 aliphatic carbocycles. The van der Waals surface area contributed by atoms with E-state index in [1.165, 1.54) is 5.56 Å². The van der Waals surface area contributed by atoms with Gasteiger partial charge in [-0.2, -0.15) is 4.98 Å². The Morgan fingerprint density at radius 1 is 1.00 bits per heavy atom. The van der Waals surface area contributed by atoms with Crippen LogP contribution in [-0.2, 0) is 13.0 Å². The molecule has 1 aliphatic heterocycles. The molecule has 3 aromatic rings. The first-order chi connectivity index (χ1) is 13.8. The van der Waals surface area contributed by atoms with Gasteiger partial charge in [-0.05, 0) is 30.5 Å². The van der Waals surface area contributed by atoms with Gasteiger partial charge in [-0.1, -0.05) is 42.4 Å². The van der Waals surface area contributed by atoms with Gasteiger partial charge in [0.2, 0.25) is 0 Å². The summed E-state index contributed by atoms with van der Waals surface area (Å²) in [6.45, 7) is 7.13. The van der Waals surface area contributed by atoms with Crippen LogP contribution in [0.1, 0.15) is 31.2 Å². The molecule has 6 heteroatoms. The van der Waals surface area contributed by atoms with Crippen LogP contribution in [0.25, 0.3) is 11.5 Å². The molecular formula is C22H27N5O. The molecule has 1 fully saturated rings. The van der Waals surface area contributed by atoms with Crippen molar-refractivity contribution >= 4 is 5.82 Å². The normalized spacial score (nSPS) is 15.5. The first kappa shape index (κ1) is 18.6. The van der Waals surface area contributed by atoms with Crippen molar-refractivity contribution < 1.29 is 4.52 Å². The zero-order chi connectivity index (χ0) is 19.2. The second kappa shape index (κ2) is 8.97. The standard InChI is InChI=1S/C22H27N5O/c1-2-8-20-24-22(28-25-20)19-11-6-12-23-21(19)27-14-7-13-26(15-16-27)17-18-9-4-3-5-10-18/h3-6,9-12H,2,7-8,13-17H2,1H3. The molecule has 0 amide bonds. The Kier molecular flexibility index (Phi) is 5.97. The minimum absolute atomic E-state index is 0.567. The second-order valence-electron chi connectivity index (χ2n) is 7.24. The first-order valence-electron chi connectivity index (χ1n) is 10.1. The number of hydrogen-bond donors (Lipinski definition) is 0. The number of nitrogens with zero attached hydrogens (tertiary/aromatic N) is 5. The summed E-state index contributed by atoms with van der Waals surface area (Å²) in [7, 11) is 0. The van der Waals surface area contributed by atoms with Gasteiger partial charge in [0.25, 0.3) is 5.89 Å². The molecule has 0 bridgehead atoms. The lowest BCUT2D eigenvalue weighted by Gasteiger charge is -2.24. The smallest absolute Gasteiger partial charge is 0.261 e. The van der Waals surface area contributed by atoms with Crippen molar-refractivity contribution in [1.29, 1.82) is 0 Å². The summed E-state index contributed by atoms with van der Waals surface area (Å²) in [6, 6.07) is 14.6. The van der Waals surface area contributed by atoms with Crippen LogP contribution in [0.2, 0.25) is 0 Å². The van der Waals surface area contributed by atoms with E-state index in [4.69, 9.17) is 4.52 Å². The van der Waals surface area contributed by atoms with Crippen LogP contribution in [0.5, 0.6) is 0 Å². The van der Waals surface area contributed by atoms with Gasteiger partial charge in [0.05, 0.1) is 5.56 Å². The van der Waals surface area contributed by atoms with Gasteiger partial charge in [-0.3, -0.25) is 4.90 Å². The Bertz CT molecular complexity index is 879. The van der Waals surface area contributed by atoms with Crippen LogP contribution >= 0.6 is 0 Å². The first-order valence-corrected chi connectivity index (χ1v) is 10.1. The molecule has 3 heterocycles. The van der Waals surface area contributed by atoms with Crippen molar-refractivity contribution in [3.05, 3.63) is 60.0 Å². The molecule has 2 aromatic heterocycles. The molecule has 4 rings (SSSR count). The maximum atomic E-state index is 5.53. The van der Waals surface area contributed by atoms with Gasteiger partial charge in [0.1, 0.15) is 5.82 Å². The Labute approximate surface area is 166 Å². The van der Waals surface area contributed by atoms with Crippen LogP contribution in [-0.4, -0.2) is 46.2 Å². The summed E-state index contributed by atoms with van der Waals surface area (Å²) in [6.07, 6.45) is 4.78. The summed E-state index contributed by atoms with van der Waals surface area (Å²) in [4.78, 5) is 14.1. The fourth-order valence-corrected chi connectivity index (χ4v) is 3.69. The zero-order valence-electron chi connectivity index (χ0n) is 16.4. The summed E-state index contributed by atoms with van der Waals surface area (Å²) in [5.41, 5.74) is 2.29. The van der Waals surface area contributed by atoms with Crippen LogP contribution in [0.15, 0.2) is 53.2 Å². The fourth-order valence-electron chi connectivity index (χ4n) is 3.69. The zero-order valence-corrected chi connectivity index (χ0v) is 16.4. The maximum Gasteiger partial charge on any atom is 0.261 e. The van der Waals surface area contributed by atoms with Crippen molar-refractivity contribution in [3.8, 4) is 11.5 Å². The number of benzene rings is 1. The number of pyridine rings is 1. The highest BCUT2D eigenvalue weighted by Gasteiger charge is 2.21. The second-order valence-corrected chi connectivity index (χ2v) is 7.24. The summed E-state index contributed by atoms with van der Waals surface area (Å²) < 4.78 is 5.53. The monoisotopic (exact) mass is 377 g/mol. The highest BCUT2D eigenvalue weighted by Crippen LogP contribution is 2.28. The van der Waals surface area contributed by atoms with E-state index in [2.05, 4.69) is 62.2 Å². The molecule has 6 nitrogen and oxygen atoms in total. The van der Waals surface area contributed by atoms with Crippen LogP contribution < -0.4 is 4.90 Å². The third kappa shape index (κ3) is 4.39. The Morgan fingerprint density at radius 3 is 2.75 bits per heavy atom. The molecule has 146 valence electrons. The summed E-state index contributed by atoms with van der Waals surface area (Å²) in [5.74, 6) is 2.27. The number of rotatable bonds is 6. The quantitative estimate of drug-likeness (QED) is 0.651. The van der Waals surface area contributed by atoms with Gasteiger partial charge in [-0.25, -0.2) is 4.98 Å². The number of aromatic nitrogens is 3. The fraction of sp³-hybridized carbons (Fsp3) is 0.409. The third-order valence-corrected chi connectivity index (χ3v) is 5.10. The topological polar surface area (TPSA) is 58.3 Å². The SMILES string of the molecule is CCCc1noc(-c2cccnc2N2CCCN(Cc3ccccc3)CC2)n1. The van der Waals surface area contributed by atoms with Crippen molar-refractivity contribution in [1.82, 2.24) is 20.0 Å². The molecule has 1 aromatic carbocycles. The van der Waals surface area contributed by atoms with Gasteiger partial charge in [-0.15, -0.1) is 0 Å². The molecule has 0 unspecified atom stereocenters. The molecular weight excluding hydrogens is 350 g/mol. The van der Waals surface area contributed by atoms with E-state index < -0.39 is 0 Å². The van der Waals surface area contributed by atoms with Gasteiger partial charge >= 0.3 is 0 Å². The molecule has 0 atom stereocenters. The minimum atomic E-state index is 0.567. The lowest BCUT2D eigenvalue weighted by Crippen LogP contribution is -2.31. The van der Waals surface area contributed by atoms with Gasteiger partial charge in [0, 0.05) is 45.3 Å². The molecule has 0 saturated carbocycles. The lowest BCUT2D eigenvalue weighted by molar-refractivity contribution is 0.285. The van der Waals surface area contributed by atoms with Crippen LogP contribution in [0.3, 0.4) is 0 Å². The summed E-state index contributed by atoms with van der Waals surface area (Å²) in [5, 5.41) is 4.11. The van der Waals surface area contributed by atoms with E-state index in [1.54, 1.807) is 0 Å². The molecule has 1 saturated heterocycles. The van der Waals surface area contributed by atoms with Gasteiger partial charge < -0.3 is 9.42 Å². The molecule has 0 spiro atoms. The van der Waals surface area contributed by atoms with Crippen LogP contribution in [0.4, 0.5) is 5.82 Å². The third-order valence-electron chi connectivity index (χ3n) is 5.10. The maximum absolute atomic E-state index is 5.53. The average Bonchev–Trinajstić information content (AvgIpc) is 3.07. The number of anilines is 1. The van der Waals surface area contributed by atoms with Crippen molar-refractivity contribution in [2.75, 3.05) is 31.1 Å². The molecule has 0 N–H and O–H groups in total. The van der Waals surface area contributed by atoms with Crippen molar-refractivity contribution in [2.24, 2.45) is 0 Å². The lowest BCUT2D eigenvalue weighted by atomic mass is 10.2. The summed E-state index contributed by atoms with van der Waals surface area (Å²) >= 11 is 0. The van der Waals surface area contributed by atoms with Gasteiger partial charge in [0.15, 0.2) is 5.82 Å². The molecule has 0 radical (unpaired) electrons.